The van der Waals surface area contributed by atoms with E-state index in [1.165, 1.54) is 14.2 Å². The molecule has 0 unspecified atom stereocenters. The van der Waals surface area contributed by atoms with E-state index in [4.69, 9.17) is 4.74 Å². The van der Waals surface area contributed by atoms with Crippen LogP contribution in [-0.2, 0) is 13.2 Å². The Hall–Kier alpha value is -4.42. The Morgan fingerprint density at radius 1 is 1.15 bits per heavy atom. The van der Waals surface area contributed by atoms with E-state index in [-0.39, 0.29) is 28.4 Å². The summed E-state index contributed by atoms with van der Waals surface area (Å²) in [4.78, 5) is 28.2. The van der Waals surface area contributed by atoms with Crippen LogP contribution in [0.1, 0.15) is 26.7 Å². The summed E-state index contributed by atoms with van der Waals surface area (Å²) in [7, 11) is 2.83. The molecule has 0 spiro atoms. The summed E-state index contributed by atoms with van der Waals surface area (Å²) in [5.74, 6) is -1.74. The first-order valence-corrected chi connectivity index (χ1v) is 9.27. The number of hydrogen-bond acceptors (Lipinski definition) is 6. The highest BCUT2D eigenvalue weighted by atomic mass is 19.4. The van der Waals surface area contributed by atoms with Gasteiger partial charge in [-0.1, -0.05) is 0 Å². The second-order valence-corrected chi connectivity index (χ2v) is 6.84. The van der Waals surface area contributed by atoms with Crippen molar-refractivity contribution in [3.8, 4) is 17.0 Å². The van der Waals surface area contributed by atoms with Crippen LogP contribution in [0.4, 0.5) is 18.9 Å². The molecule has 0 radical (unpaired) electrons. The number of anilines is 1. The summed E-state index contributed by atoms with van der Waals surface area (Å²) < 4.78 is 47.9. The van der Waals surface area contributed by atoms with E-state index in [1.54, 1.807) is 24.3 Å². The van der Waals surface area contributed by atoms with E-state index in [1.807, 2.05) is 0 Å². The molecule has 3 heterocycles. The summed E-state index contributed by atoms with van der Waals surface area (Å²) in [5.41, 5.74) is -1.75. The minimum absolute atomic E-state index is 0.0183. The van der Waals surface area contributed by atoms with Gasteiger partial charge in [-0.25, -0.2) is 14.3 Å². The lowest BCUT2D eigenvalue weighted by Gasteiger charge is -2.11. The highest BCUT2D eigenvalue weighted by Crippen LogP contribution is 2.32. The molecule has 0 aliphatic carbocycles. The Kier molecular flexibility index (Phi) is 5.24. The number of ether oxygens (including phenoxy) is 1. The van der Waals surface area contributed by atoms with Crippen LogP contribution in [0.5, 0.6) is 5.75 Å². The summed E-state index contributed by atoms with van der Waals surface area (Å²) in [6, 6.07) is 8.17. The predicted octanol–water partition coefficient (Wildman–Crippen LogP) is 3.11. The Balaban J connectivity index is 1.77. The average molecular weight is 460 g/mol. The highest BCUT2D eigenvalue weighted by molar-refractivity contribution is 6.06. The molecule has 1 aromatic carbocycles. The third-order valence-corrected chi connectivity index (χ3v) is 4.73. The maximum Gasteiger partial charge on any atom is 0.433 e. The van der Waals surface area contributed by atoms with E-state index < -0.39 is 23.7 Å². The van der Waals surface area contributed by atoms with Crippen LogP contribution in [0.15, 0.2) is 42.6 Å². The van der Waals surface area contributed by atoms with Gasteiger partial charge in [0.1, 0.15) is 5.75 Å². The maximum atomic E-state index is 13.7. The normalized spacial score (nSPS) is 11.5. The maximum absolute atomic E-state index is 13.7. The predicted molar refractivity (Wildman–Crippen MR) is 108 cm³/mol. The first kappa shape index (κ1) is 21.8. The molecule has 3 aromatic heterocycles. The molecule has 0 aliphatic rings. The number of hydrogen-bond donors (Lipinski definition) is 2. The zero-order valence-electron chi connectivity index (χ0n) is 17.1. The number of carbonyl (C=O) groups excluding carboxylic acids is 1. The third-order valence-electron chi connectivity index (χ3n) is 4.73. The van der Waals surface area contributed by atoms with Gasteiger partial charge in [-0.2, -0.15) is 23.4 Å². The van der Waals surface area contributed by atoms with E-state index in [0.29, 0.717) is 15.8 Å². The van der Waals surface area contributed by atoms with E-state index in [2.05, 4.69) is 20.5 Å². The molecule has 0 saturated heterocycles. The Morgan fingerprint density at radius 3 is 2.45 bits per heavy atom. The van der Waals surface area contributed by atoms with Gasteiger partial charge in [0.2, 0.25) is 0 Å². The number of benzene rings is 1. The minimum Gasteiger partial charge on any atom is -0.497 e. The van der Waals surface area contributed by atoms with Gasteiger partial charge in [0.05, 0.1) is 24.7 Å². The number of carboxylic acids is 1. The van der Waals surface area contributed by atoms with Crippen molar-refractivity contribution < 1.29 is 32.6 Å². The average Bonchev–Trinajstić information content (AvgIpc) is 3.35. The molecule has 1 amide bonds. The Labute approximate surface area is 183 Å². The van der Waals surface area contributed by atoms with E-state index in [0.717, 1.165) is 23.0 Å². The second kappa shape index (κ2) is 7.93. The molecule has 4 aromatic rings. The largest absolute Gasteiger partial charge is 0.497 e. The molecule has 0 aliphatic heterocycles. The topological polar surface area (TPSA) is 124 Å². The number of methoxy groups -OCH3 is 1. The van der Waals surface area contributed by atoms with Crippen molar-refractivity contribution in [1.82, 2.24) is 24.4 Å². The van der Waals surface area contributed by atoms with Gasteiger partial charge < -0.3 is 15.2 Å². The molecule has 170 valence electrons. The summed E-state index contributed by atoms with van der Waals surface area (Å²) in [6.07, 6.45) is -3.68. The number of aryl methyl sites for hydroxylation is 1. The SMILES string of the molecule is COc1ccc(-c2cc(C(F)(F)F)n3nc(C(=O)Nc4cnn(C)c4C(=O)O)cc3n2)cc1. The number of fused-ring (bicyclic) bond motifs is 1. The lowest BCUT2D eigenvalue weighted by atomic mass is 10.1. The van der Waals surface area contributed by atoms with E-state index >= 15 is 0 Å². The number of carboxylic acid groups (broad SMARTS) is 1. The minimum atomic E-state index is -4.79. The summed E-state index contributed by atoms with van der Waals surface area (Å²) in [5, 5.41) is 19.1. The first-order valence-electron chi connectivity index (χ1n) is 9.27. The van der Waals surface area contributed by atoms with Crippen LogP contribution in [0.3, 0.4) is 0 Å². The Morgan fingerprint density at radius 2 is 1.85 bits per heavy atom. The molecule has 0 atom stereocenters. The number of nitrogens with zero attached hydrogens (tertiary/aromatic N) is 5. The van der Waals surface area contributed by atoms with Crippen LogP contribution in [0, 0.1) is 0 Å². The number of alkyl halides is 3. The third kappa shape index (κ3) is 4.07. The smallest absolute Gasteiger partial charge is 0.433 e. The number of amides is 1. The standard InChI is InChI=1S/C20H15F3N6O4/c1-28-17(19(31)32)14(9-24-28)26-18(30)13-8-16-25-12(10-3-5-11(33-2)6-4-10)7-15(20(21,22)23)29(16)27-13/h3-9H,1-2H3,(H,26,30)(H,31,32). The van der Waals surface area contributed by atoms with Crippen LogP contribution < -0.4 is 10.1 Å². The fraction of sp³-hybridized carbons (Fsp3) is 0.150. The van der Waals surface area contributed by atoms with Crippen molar-refractivity contribution in [3.05, 3.63) is 59.7 Å². The summed E-state index contributed by atoms with van der Waals surface area (Å²) >= 11 is 0. The molecule has 0 fully saturated rings. The molecule has 4 rings (SSSR count). The van der Waals surface area contributed by atoms with Gasteiger partial charge in [0.25, 0.3) is 5.91 Å². The first-order chi connectivity index (χ1) is 15.6. The Bertz CT molecular complexity index is 1380. The van der Waals surface area contributed by atoms with Crippen molar-refractivity contribution >= 4 is 23.2 Å². The molecule has 33 heavy (non-hydrogen) atoms. The molecule has 0 saturated carbocycles. The van der Waals surface area contributed by atoms with Crippen molar-refractivity contribution in [3.63, 3.8) is 0 Å². The van der Waals surface area contributed by atoms with Gasteiger partial charge >= 0.3 is 12.1 Å². The zero-order valence-corrected chi connectivity index (χ0v) is 17.1. The number of halogens is 3. The highest BCUT2D eigenvalue weighted by Gasteiger charge is 2.35. The van der Waals surface area contributed by atoms with Gasteiger partial charge in [-0.05, 0) is 30.3 Å². The van der Waals surface area contributed by atoms with Crippen molar-refractivity contribution in [2.24, 2.45) is 7.05 Å². The molecule has 13 heteroatoms. The van der Waals surface area contributed by atoms with Gasteiger partial charge in [0, 0.05) is 18.7 Å². The van der Waals surface area contributed by atoms with Crippen LogP contribution in [-0.4, -0.2) is 48.5 Å². The van der Waals surface area contributed by atoms with Crippen LogP contribution in [0.2, 0.25) is 0 Å². The molecule has 0 bridgehead atoms. The van der Waals surface area contributed by atoms with Gasteiger partial charge in [-0.15, -0.1) is 0 Å². The van der Waals surface area contributed by atoms with Crippen LogP contribution in [0.25, 0.3) is 16.9 Å². The quantitative estimate of drug-likeness (QED) is 0.469. The summed E-state index contributed by atoms with van der Waals surface area (Å²) in [6.45, 7) is 0. The van der Waals surface area contributed by atoms with Crippen molar-refractivity contribution in [2.45, 2.75) is 6.18 Å². The zero-order chi connectivity index (χ0) is 23.9. The molecule has 2 N–H and O–H groups in total. The van der Waals surface area contributed by atoms with Crippen molar-refractivity contribution in [2.75, 3.05) is 12.4 Å². The second-order valence-electron chi connectivity index (χ2n) is 6.84. The number of carbonyl (C=O) groups is 2. The van der Waals surface area contributed by atoms with Crippen LogP contribution >= 0.6 is 0 Å². The van der Waals surface area contributed by atoms with Gasteiger partial charge in [-0.3, -0.25) is 9.48 Å². The molecular weight excluding hydrogens is 445 g/mol. The fourth-order valence-electron chi connectivity index (χ4n) is 3.17. The fourth-order valence-corrected chi connectivity index (χ4v) is 3.17. The number of nitrogens with one attached hydrogen (secondary N) is 1. The number of aromatic nitrogens is 5. The van der Waals surface area contributed by atoms with Gasteiger partial charge in [0.15, 0.2) is 22.7 Å². The molecule has 10 nitrogen and oxygen atoms in total. The monoisotopic (exact) mass is 460 g/mol. The van der Waals surface area contributed by atoms with E-state index in [9.17, 15) is 27.9 Å². The lowest BCUT2D eigenvalue weighted by Crippen LogP contribution is -2.17. The van der Waals surface area contributed by atoms with Crippen molar-refractivity contribution in [1.29, 1.82) is 0 Å². The number of aromatic carboxylic acids is 1. The lowest BCUT2D eigenvalue weighted by molar-refractivity contribution is -0.142. The molecular formula is C20H15F3N6O4. The number of rotatable bonds is 5.